The minimum absolute atomic E-state index is 0.0270. The van der Waals surface area contributed by atoms with Gasteiger partial charge in [-0.2, -0.15) is 5.10 Å². The van der Waals surface area contributed by atoms with Crippen LogP contribution in [0.2, 0.25) is 5.02 Å². The van der Waals surface area contributed by atoms with Crippen molar-refractivity contribution < 1.29 is 27.4 Å². The van der Waals surface area contributed by atoms with Gasteiger partial charge in [0.1, 0.15) is 30.4 Å². The van der Waals surface area contributed by atoms with Gasteiger partial charge in [-0.05, 0) is 67.1 Å². The van der Waals surface area contributed by atoms with Crippen molar-refractivity contribution in [1.82, 2.24) is 5.43 Å². The van der Waals surface area contributed by atoms with E-state index in [9.17, 15) is 13.2 Å². The number of anilines is 1. The predicted octanol–water partition coefficient (Wildman–Crippen LogP) is 5.59. The molecule has 0 radical (unpaired) electrons. The van der Waals surface area contributed by atoms with Gasteiger partial charge in [0.15, 0.2) is 0 Å². The summed E-state index contributed by atoms with van der Waals surface area (Å²) in [6.45, 7) is 1.63. The average Bonchev–Trinajstić information content (AvgIpc) is 3.00. The molecule has 218 valence electrons. The third-order valence-electron chi connectivity index (χ3n) is 6.19. The van der Waals surface area contributed by atoms with E-state index >= 15 is 0 Å². The molecule has 0 heterocycles. The van der Waals surface area contributed by atoms with E-state index in [0.717, 1.165) is 15.4 Å². The van der Waals surface area contributed by atoms with Crippen LogP contribution >= 0.6 is 11.6 Å². The standard InChI is InChI=1S/C31H30ClN3O6S/c1-22-8-15-27(16-9-22)42(37,38)35(29-17-14-26(39-2)18-30(29)40-3)20-31(36)34-33-19-23-10-12-25(13-11-23)41-21-24-6-4-5-7-28(24)32/h4-19H,20-21H2,1-3H3,(H,34,36)/b33-19-. The zero-order valence-electron chi connectivity index (χ0n) is 23.3. The normalized spacial score (nSPS) is 11.2. The van der Waals surface area contributed by atoms with Crippen molar-refractivity contribution in [3.63, 3.8) is 0 Å². The molecule has 0 aliphatic heterocycles. The minimum atomic E-state index is -4.15. The molecule has 4 aromatic rings. The van der Waals surface area contributed by atoms with Crippen molar-refractivity contribution >= 4 is 39.4 Å². The van der Waals surface area contributed by atoms with Crippen molar-refractivity contribution in [2.45, 2.75) is 18.4 Å². The molecule has 0 aliphatic rings. The molecule has 4 rings (SSSR count). The first-order valence-corrected chi connectivity index (χ1v) is 14.6. The second kappa shape index (κ2) is 13.9. The maximum Gasteiger partial charge on any atom is 0.264 e. The van der Waals surface area contributed by atoms with Crippen LogP contribution in [0.5, 0.6) is 17.2 Å². The van der Waals surface area contributed by atoms with E-state index in [1.165, 1.54) is 38.6 Å². The largest absolute Gasteiger partial charge is 0.497 e. The molecule has 0 saturated heterocycles. The van der Waals surface area contributed by atoms with Crippen LogP contribution in [0.25, 0.3) is 0 Å². The smallest absolute Gasteiger partial charge is 0.264 e. The van der Waals surface area contributed by atoms with E-state index < -0.39 is 22.5 Å². The summed E-state index contributed by atoms with van der Waals surface area (Å²) < 4.78 is 44.8. The first-order valence-electron chi connectivity index (χ1n) is 12.8. The fraction of sp³-hybridized carbons (Fsp3) is 0.161. The topological polar surface area (TPSA) is 107 Å². The number of hydrogen-bond donors (Lipinski definition) is 1. The molecule has 0 saturated carbocycles. The zero-order chi connectivity index (χ0) is 30.1. The summed E-state index contributed by atoms with van der Waals surface area (Å²) in [6, 6.07) is 25.5. The maximum atomic E-state index is 13.7. The summed E-state index contributed by atoms with van der Waals surface area (Å²) in [5.74, 6) is 0.678. The number of nitrogens with zero attached hydrogens (tertiary/aromatic N) is 2. The van der Waals surface area contributed by atoms with Gasteiger partial charge >= 0.3 is 0 Å². The molecule has 4 aromatic carbocycles. The molecule has 0 atom stereocenters. The lowest BCUT2D eigenvalue weighted by Crippen LogP contribution is -2.39. The number of aryl methyl sites for hydroxylation is 1. The van der Waals surface area contributed by atoms with Crippen LogP contribution < -0.4 is 23.9 Å². The Labute approximate surface area is 250 Å². The Morgan fingerprint density at radius 2 is 1.62 bits per heavy atom. The lowest BCUT2D eigenvalue weighted by molar-refractivity contribution is -0.119. The van der Waals surface area contributed by atoms with Crippen LogP contribution in [0.3, 0.4) is 0 Å². The van der Waals surface area contributed by atoms with Crippen LogP contribution in [0, 0.1) is 6.92 Å². The number of hydrazone groups is 1. The summed E-state index contributed by atoms with van der Waals surface area (Å²) in [5, 5.41) is 4.64. The molecule has 0 aromatic heterocycles. The second-order valence-corrected chi connectivity index (χ2v) is 11.4. The van der Waals surface area contributed by atoms with E-state index in [0.29, 0.717) is 28.7 Å². The summed E-state index contributed by atoms with van der Waals surface area (Å²) in [6.07, 6.45) is 1.45. The summed E-state index contributed by atoms with van der Waals surface area (Å²) in [4.78, 5) is 13.0. The number of methoxy groups -OCH3 is 2. The molecular formula is C31H30ClN3O6S. The third-order valence-corrected chi connectivity index (χ3v) is 8.33. The molecule has 1 amide bonds. The van der Waals surface area contributed by atoms with Gasteiger partial charge in [0.25, 0.3) is 15.9 Å². The molecule has 0 aliphatic carbocycles. The van der Waals surface area contributed by atoms with Crippen LogP contribution in [0.15, 0.2) is 101 Å². The first kappa shape index (κ1) is 30.4. The molecule has 1 N–H and O–H groups in total. The van der Waals surface area contributed by atoms with Crippen molar-refractivity contribution in [3.05, 3.63) is 113 Å². The van der Waals surface area contributed by atoms with E-state index in [1.807, 2.05) is 25.1 Å². The van der Waals surface area contributed by atoms with Crippen LogP contribution in [-0.4, -0.2) is 41.3 Å². The molecule has 0 spiro atoms. The first-order chi connectivity index (χ1) is 20.2. The van der Waals surface area contributed by atoms with Gasteiger partial charge in [-0.1, -0.05) is 47.5 Å². The van der Waals surface area contributed by atoms with Gasteiger partial charge < -0.3 is 14.2 Å². The van der Waals surface area contributed by atoms with Crippen LogP contribution in [-0.2, 0) is 21.4 Å². The highest BCUT2D eigenvalue weighted by atomic mass is 35.5. The lowest BCUT2D eigenvalue weighted by atomic mass is 10.2. The number of carbonyl (C=O) groups is 1. The number of rotatable bonds is 12. The van der Waals surface area contributed by atoms with E-state index in [4.69, 9.17) is 25.8 Å². The highest BCUT2D eigenvalue weighted by Crippen LogP contribution is 2.35. The Bertz CT molecular complexity index is 1660. The molecule has 42 heavy (non-hydrogen) atoms. The maximum absolute atomic E-state index is 13.7. The van der Waals surface area contributed by atoms with Crippen LogP contribution in [0.4, 0.5) is 5.69 Å². The van der Waals surface area contributed by atoms with Crippen LogP contribution in [0.1, 0.15) is 16.7 Å². The highest BCUT2D eigenvalue weighted by molar-refractivity contribution is 7.92. The Kier molecular flexibility index (Phi) is 10.1. The van der Waals surface area contributed by atoms with E-state index in [2.05, 4.69) is 10.5 Å². The van der Waals surface area contributed by atoms with Crippen molar-refractivity contribution in [2.75, 3.05) is 25.1 Å². The Morgan fingerprint density at radius 1 is 0.929 bits per heavy atom. The number of nitrogens with one attached hydrogen (secondary N) is 1. The Balaban J connectivity index is 1.47. The SMILES string of the molecule is COc1ccc(N(CC(=O)N/N=C\c2ccc(OCc3ccccc3Cl)cc2)S(=O)(=O)c2ccc(C)cc2)c(OC)c1. The monoisotopic (exact) mass is 607 g/mol. The third kappa shape index (κ3) is 7.59. The van der Waals surface area contributed by atoms with Gasteiger partial charge in [-0.15, -0.1) is 0 Å². The number of sulfonamides is 1. The lowest BCUT2D eigenvalue weighted by Gasteiger charge is -2.25. The predicted molar refractivity (Wildman–Crippen MR) is 163 cm³/mol. The van der Waals surface area contributed by atoms with Gasteiger partial charge in [-0.3, -0.25) is 9.10 Å². The minimum Gasteiger partial charge on any atom is -0.497 e. The number of benzene rings is 4. The van der Waals surface area contributed by atoms with Gasteiger partial charge in [0, 0.05) is 16.7 Å². The van der Waals surface area contributed by atoms with Gasteiger partial charge in [0.2, 0.25) is 0 Å². The zero-order valence-corrected chi connectivity index (χ0v) is 24.9. The molecular weight excluding hydrogens is 578 g/mol. The van der Waals surface area contributed by atoms with Gasteiger partial charge in [-0.25, -0.2) is 13.8 Å². The average molecular weight is 608 g/mol. The molecule has 0 unspecified atom stereocenters. The second-order valence-electron chi connectivity index (χ2n) is 9.10. The number of halogens is 1. The molecule has 9 nitrogen and oxygen atoms in total. The highest BCUT2D eigenvalue weighted by Gasteiger charge is 2.29. The number of amides is 1. The fourth-order valence-corrected chi connectivity index (χ4v) is 5.52. The quantitative estimate of drug-likeness (QED) is 0.166. The van der Waals surface area contributed by atoms with Crippen molar-refractivity contribution in [3.8, 4) is 17.2 Å². The van der Waals surface area contributed by atoms with Crippen molar-refractivity contribution in [1.29, 1.82) is 0 Å². The summed E-state index contributed by atoms with van der Waals surface area (Å²) >= 11 is 6.17. The van der Waals surface area contributed by atoms with E-state index in [-0.39, 0.29) is 16.3 Å². The molecule has 0 bridgehead atoms. The Morgan fingerprint density at radius 3 is 2.29 bits per heavy atom. The fourth-order valence-electron chi connectivity index (χ4n) is 3.90. The van der Waals surface area contributed by atoms with Gasteiger partial charge in [0.05, 0.1) is 31.0 Å². The summed E-state index contributed by atoms with van der Waals surface area (Å²) in [7, 11) is -1.25. The molecule has 0 fully saturated rings. The summed E-state index contributed by atoms with van der Waals surface area (Å²) in [5.41, 5.74) is 5.04. The number of ether oxygens (including phenoxy) is 3. The molecule has 11 heteroatoms. The number of hydrogen-bond acceptors (Lipinski definition) is 7. The number of carbonyl (C=O) groups excluding carboxylic acids is 1. The Hall–Kier alpha value is -4.54. The van der Waals surface area contributed by atoms with E-state index in [1.54, 1.807) is 54.6 Å². The van der Waals surface area contributed by atoms with Crippen molar-refractivity contribution in [2.24, 2.45) is 5.10 Å².